The Morgan fingerprint density at radius 2 is 2.05 bits per heavy atom. The number of thiophene rings is 1. The molecular formula is C30H39N3O3S. The van der Waals surface area contributed by atoms with E-state index in [0.29, 0.717) is 18.0 Å². The van der Waals surface area contributed by atoms with Crippen LogP contribution in [0.1, 0.15) is 73.2 Å². The Labute approximate surface area is 224 Å². The fraction of sp³-hybridized carbons (Fsp3) is 0.467. The summed E-state index contributed by atoms with van der Waals surface area (Å²) in [5.74, 6) is 1.99. The van der Waals surface area contributed by atoms with Crippen LogP contribution in [0.25, 0.3) is 0 Å². The second-order valence-corrected chi connectivity index (χ2v) is 11.7. The van der Waals surface area contributed by atoms with Gasteiger partial charge in [-0.15, -0.1) is 11.3 Å². The zero-order valence-electron chi connectivity index (χ0n) is 22.9. The lowest BCUT2D eigenvalue weighted by Crippen LogP contribution is -2.28. The molecule has 0 fully saturated rings. The van der Waals surface area contributed by atoms with Gasteiger partial charge < -0.3 is 19.4 Å². The summed E-state index contributed by atoms with van der Waals surface area (Å²) in [6.07, 6.45) is 6.41. The van der Waals surface area contributed by atoms with Gasteiger partial charge in [0.1, 0.15) is 16.5 Å². The molecule has 1 atom stereocenters. The fourth-order valence-corrected chi connectivity index (χ4v) is 6.29. The molecule has 1 amide bonds. The molecule has 0 spiro atoms. The maximum absolute atomic E-state index is 13.4. The molecule has 0 bridgehead atoms. The molecule has 1 aliphatic carbocycles. The number of hydrogen-bond donors (Lipinski definition) is 1. The molecule has 6 nitrogen and oxygen atoms in total. The summed E-state index contributed by atoms with van der Waals surface area (Å²) in [7, 11) is 1.68. The fourth-order valence-electron chi connectivity index (χ4n) is 5.02. The van der Waals surface area contributed by atoms with Crippen LogP contribution >= 0.6 is 11.3 Å². The molecular weight excluding hydrogens is 482 g/mol. The molecule has 1 N–H and O–H groups in total. The van der Waals surface area contributed by atoms with Crippen LogP contribution in [0.15, 0.2) is 46.0 Å². The molecule has 2 aromatic heterocycles. The largest absolute Gasteiger partial charge is 0.496 e. The Bertz CT molecular complexity index is 1230. The van der Waals surface area contributed by atoms with E-state index < -0.39 is 0 Å². The second kappa shape index (κ2) is 11.5. The number of carbonyl (C=O) groups is 1. The van der Waals surface area contributed by atoms with Crippen LogP contribution < -0.4 is 15.0 Å². The Balaban J connectivity index is 1.66. The van der Waals surface area contributed by atoms with E-state index in [1.54, 1.807) is 24.7 Å². The van der Waals surface area contributed by atoms with E-state index >= 15 is 0 Å². The van der Waals surface area contributed by atoms with E-state index in [0.717, 1.165) is 65.7 Å². The van der Waals surface area contributed by atoms with E-state index in [-0.39, 0.29) is 11.3 Å². The number of benzene rings is 1. The van der Waals surface area contributed by atoms with Crippen LogP contribution in [-0.2, 0) is 19.4 Å². The summed E-state index contributed by atoms with van der Waals surface area (Å²) in [6.45, 7) is 13.4. The van der Waals surface area contributed by atoms with Crippen molar-refractivity contribution in [3.05, 3.63) is 63.9 Å². The first-order chi connectivity index (χ1) is 17.7. The van der Waals surface area contributed by atoms with Gasteiger partial charge in [-0.25, -0.2) is 4.99 Å². The summed E-state index contributed by atoms with van der Waals surface area (Å²) >= 11 is 1.65. The molecule has 0 unspecified atom stereocenters. The number of anilines is 1. The third-order valence-corrected chi connectivity index (χ3v) is 8.53. The van der Waals surface area contributed by atoms with Gasteiger partial charge in [0.25, 0.3) is 5.91 Å². The van der Waals surface area contributed by atoms with Gasteiger partial charge in [0.15, 0.2) is 0 Å². The average molecular weight is 522 g/mol. The summed E-state index contributed by atoms with van der Waals surface area (Å²) in [6, 6.07) is 9.88. The summed E-state index contributed by atoms with van der Waals surface area (Å²) in [4.78, 5) is 21.9. The summed E-state index contributed by atoms with van der Waals surface area (Å²) in [5, 5.41) is 3.80. The van der Waals surface area contributed by atoms with Crippen LogP contribution in [0.4, 0.5) is 10.7 Å². The predicted molar refractivity (Wildman–Crippen MR) is 153 cm³/mol. The van der Waals surface area contributed by atoms with Crippen molar-refractivity contribution in [1.29, 1.82) is 0 Å². The van der Waals surface area contributed by atoms with Gasteiger partial charge in [-0.05, 0) is 74.3 Å². The third kappa shape index (κ3) is 6.09. The molecule has 7 heteroatoms. The van der Waals surface area contributed by atoms with Crippen molar-refractivity contribution >= 4 is 34.1 Å². The average Bonchev–Trinajstić information content (AvgIpc) is 3.53. The normalized spacial score (nSPS) is 15.6. The smallest absolute Gasteiger partial charge is 0.255 e. The number of fused-ring (bicyclic) bond motifs is 1. The molecule has 2 heterocycles. The number of furan rings is 1. The van der Waals surface area contributed by atoms with Crippen molar-refractivity contribution in [1.82, 2.24) is 5.32 Å². The molecule has 198 valence electrons. The molecule has 3 aromatic rings. The van der Waals surface area contributed by atoms with Crippen molar-refractivity contribution in [3.63, 3.8) is 0 Å². The van der Waals surface area contributed by atoms with E-state index in [9.17, 15) is 4.79 Å². The number of aliphatic imine (C=N–C) groups is 1. The molecule has 0 saturated carbocycles. The first-order valence-electron chi connectivity index (χ1n) is 13.2. The van der Waals surface area contributed by atoms with E-state index in [4.69, 9.17) is 14.1 Å². The maximum Gasteiger partial charge on any atom is 0.255 e. The van der Waals surface area contributed by atoms with Gasteiger partial charge >= 0.3 is 0 Å². The van der Waals surface area contributed by atoms with Crippen molar-refractivity contribution in [2.75, 3.05) is 25.1 Å². The highest BCUT2D eigenvalue weighted by Gasteiger charge is 2.33. The number of hydrogen-bond acceptors (Lipinski definition) is 6. The molecule has 0 saturated heterocycles. The SMILES string of the molecule is CCN(CC)c1ccc(C=Nc2sc3c(c2C(=O)NCc2ccco2)CC[C@H](C(C)(C)C)C3)c(OC)c1. The molecule has 0 radical (unpaired) electrons. The van der Waals surface area contributed by atoms with E-state index in [2.05, 4.69) is 57.0 Å². The van der Waals surface area contributed by atoms with Gasteiger partial charge in [-0.1, -0.05) is 20.8 Å². The lowest BCUT2D eigenvalue weighted by Gasteiger charge is -2.33. The standard InChI is InChI=1S/C30H39N3O3S/c1-7-33(8-2)22-13-11-20(25(17-22)35-6)18-32-29-27(28(34)31-19-23-10-9-15-36-23)24-14-12-21(30(3,4)5)16-26(24)37-29/h9-11,13,15,17-18,21H,7-8,12,14,16,19H2,1-6H3,(H,31,34)/t21-/m0/s1. The Hall–Kier alpha value is -3.06. The third-order valence-electron chi connectivity index (χ3n) is 7.37. The van der Waals surface area contributed by atoms with Crippen LogP contribution in [0.3, 0.4) is 0 Å². The van der Waals surface area contributed by atoms with Crippen LogP contribution in [-0.4, -0.2) is 32.3 Å². The lowest BCUT2D eigenvalue weighted by molar-refractivity contribution is 0.0947. The van der Waals surface area contributed by atoms with Gasteiger partial charge in [-0.3, -0.25) is 4.79 Å². The number of methoxy groups -OCH3 is 1. The number of ether oxygens (including phenoxy) is 1. The number of amides is 1. The summed E-state index contributed by atoms with van der Waals surface area (Å²) in [5.41, 5.74) is 4.09. The topological polar surface area (TPSA) is 67.1 Å². The number of rotatable bonds is 9. The highest BCUT2D eigenvalue weighted by atomic mass is 32.1. The van der Waals surface area contributed by atoms with Gasteiger partial charge in [0.2, 0.25) is 0 Å². The number of nitrogens with one attached hydrogen (secondary N) is 1. The Kier molecular flexibility index (Phi) is 8.42. The van der Waals surface area contributed by atoms with E-state index in [1.165, 1.54) is 4.88 Å². The maximum atomic E-state index is 13.4. The summed E-state index contributed by atoms with van der Waals surface area (Å²) < 4.78 is 11.1. The quantitative estimate of drug-likeness (QED) is 0.307. The zero-order chi connectivity index (χ0) is 26.6. The molecule has 4 rings (SSSR count). The minimum absolute atomic E-state index is 0.0981. The van der Waals surface area contributed by atoms with Gasteiger partial charge in [0, 0.05) is 41.5 Å². The van der Waals surface area contributed by atoms with Crippen LogP contribution in [0.5, 0.6) is 5.75 Å². The number of nitrogens with zero attached hydrogens (tertiary/aromatic N) is 2. The minimum Gasteiger partial charge on any atom is -0.496 e. The van der Waals surface area contributed by atoms with Crippen molar-refractivity contribution in [2.45, 2.75) is 60.4 Å². The second-order valence-electron chi connectivity index (χ2n) is 10.6. The first-order valence-corrected chi connectivity index (χ1v) is 14.0. The van der Waals surface area contributed by atoms with Crippen molar-refractivity contribution in [3.8, 4) is 5.75 Å². The molecule has 37 heavy (non-hydrogen) atoms. The van der Waals surface area contributed by atoms with Crippen LogP contribution in [0.2, 0.25) is 0 Å². The Morgan fingerprint density at radius 1 is 1.27 bits per heavy atom. The van der Waals surface area contributed by atoms with Gasteiger partial charge in [0.05, 0.1) is 25.5 Å². The number of carbonyl (C=O) groups excluding carboxylic acids is 1. The molecule has 1 aromatic carbocycles. The van der Waals surface area contributed by atoms with Crippen LogP contribution in [0, 0.1) is 11.3 Å². The Morgan fingerprint density at radius 3 is 2.70 bits per heavy atom. The first kappa shape index (κ1) is 27.0. The molecule has 1 aliphatic rings. The highest BCUT2D eigenvalue weighted by molar-refractivity contribution is 7.16. The highest BCUT2D eigenvalue weighted by Crippen LogP contribution is 2.45. The predicted octanol–water partition coefficient (Wildman–Crippen LogP) is 7.03. The monoisotopic (exact) mass is 521 g/mol. The lowest BCUT2D eigenvalue weighted by atomic mass is 9.72. The van der Waals surface area contributed by atoms with E-state index in [1.807, 2.05) is 24.4 Å². The van der Waals surface area contributed by atoms with Gasteiger partial charge in [-0.2, -0.15) is 0 Å². The van der Waals surface area contributed by atoms with Crippen molar-refractivity contribution < 1.29 is 13.9 Å². The zero-order valence-corrected chi connectivity index (χ0v) is 23.7. The van der Waals surface area contributed by atoms with Crippen molar-refractivity contribution in [2.24, 2.45) is 16.3 Å². The molecule has 0 aliphatic heterocycles. The minimum atomic E-state index is -0.0981.